The molecule has 0 heterocycles. The van der Waals surface area contributed by atoms with Gasteiger partial charge in [0.1, 0.15) is 0 Å². The van der Waals surface area contributed by atoms with Crippen molar-refractivity contribution >= 4 is 28.5 Å². The Hall–Kier alpha value is -3.38. The van der Waals surface area contributed by atoms with Crippen LogP contribution >= 0.6 is 0 Å². The predicted octanol–water partition coefficient (Wildman–Crippen LogP) is 11.1. The summed E-state index contributed by atoms with van der Waals surface area (Å²) in [7, 11) is 0. The minimum Gasteiger partial charge on any atom is -0.0836 e. The fourth-order valence-corrected chi connectivity index (χ4v) is 5.87. The van der Waals surface area contributed by atoms with Crippen molar-refractivity contribution < 1.29 is 0 Å². The van der Waals surface area contributed by atoms with E-state index in [2.05, 4.69) is 133 Å². The summed E-state index contributed by atoms with van der Waals surface area (Å²) >= 11 is 0. The molecule has 0 N–H and O–H groups in total. The van der Waals surface area contributed by atoms with Gasteiger partial charge < -0.3 is 0 Å². The first-order valence-electron chi connectivity index (χ1n) is 14.2. The second-order valence-electron chi connectivity index (χ2n) is 12.5. The Kier molecular flexibility index (Phi) is 7.19. The third-order valence-electron chi connectivity index (χ3n) is 8.07. The SMILES string of the molecule is CC(C)=C/C(C)=C1/CC1/C=C\c1ccc(C(C)(C)C)cc1C1=C(C)CC/C=C\c2c1ccc1ccccc21. The topological polar surface area (TPSA) is 0 Å². The van der Waals surface area contributed by atoms with Crippen LogP contribution in [-0.2, 0) is 5.41 Å². The molecule has 1 saturated carbocycles. The van der Waals surface area contributed by atoms with E-state index in [1.165, 1.54) is 67.3 Å². The van der Waals surface area contributed by atoms with E-state index >= 15 is 0 Å². The fourth-order valence-electron chi connectivity index (χ4n) is 5.87. The van der Waals surface area contributed by atoms with Crippen LogP contribution in [0.15, 0.2) is 95.1 Å². The molecule has 0 amide bonds. The van der Waals surface area contributed by atoms with Gasteiger partial charge in [-0.1, -0.05) is 128 Å². The zero-order chi connectivity index (χ0) is 27.0. The maximum Gasteiger partial charge on any atom is 0.00237 e. The number of allylic oxidation sites excluding steroid dienone is 7. The van der Waals surface area contributed by atoms with Gasteiger partial charge in [-0.2, -0.15) is 0 Å². The van der Waals surface area contributed by atoms with Crippen molar-refractivity contribution in [1.29, 1.82) is 0 Å². The van der Waals surface area contributed by atoms with Crippen molar-refractivity contribution in [3.05, 3.63) is 123 Å². The first-order valence-corrected chi connectivity index (χ1v) is 14.2. The molecule has 3 aromatic rings. The number of rotatable bonds is 4. The standard InChI is InChI=1S/C38H42/c1-25(2)22-27(4)35-23-30(35)17-16-29-18-20-31(38(5,6)7)24-36(29)37-26(3)12-8-10-15-33-32-14-11-9-13-28(32)19-21-34(33)37/h9-11,13-22,24,30H,8,12,23H2,1-7H3/b15-10-,17-16-,35-27-,37-26?. The highest BCUT2D eigenvalue weighted by Gasteiger charge is 2.28. The van der Waals surface area contributed by atoms with Gasteiger partial charge in [-0.05, 0) is 96.5 Å². The maximum atomic E-state index is 2.47. The van der Waals surface area contributed by atoms with Crippen molar-refractivity contribution in [2.75, 3.05) is 0 Å². The minimum absolute atomic E-state index is 0.0903. The molecule has 2 aliphatic carbocycles. The number of hydrogen-bond acceptors (Lipinski definition) is 0. The zero-order valence-electron chi connectivity index (χ0n) is 24.3. The predicted molar refractivity (Wildman–Crippen MR) is 168 cm³/mol. The molecule has 38 heavy (non-hydrogen) atoms. The Morgan fingerprint density at radius 2 is 1.71 bits per heavy atom. The summed E-state index contributed by atoms with van der Waals surface area (Å²) in [4.78, 5) is 0. The minimum atomic E-state index is 0.0903. The molecule has 0 aromatic heterocycles. The second kappa shape index (κ2) is 10.4. The lowest BCUT2D eigenvalue weighted by Crippen LogP contribution is -2.12. The molecule has 2 aliphatic rings. The van der Waals surface area contributed by atoms with Gasteiger partial charge in [0.2, 0.25) is 0 Å². The van der Waals surface area contributed by atoms with Crippen LogP contribution in [0.25, 0.3) is 28.5 Å². The van der Waals surface area contributed by atoms with Crippen molar-refractivity contribution in [1.82, 2.24) is 0 Å². The van der Waals surface area contributed by atoms with Crippen molar-refractivity contribution in [3.63, 3.8) is 0 Å². The van der Waals surface area contributed by atoms with Crippen molar-refractivity contribution in [2.24, 2.45) is 5.92 Å². The molecule has 3 aromatic carbocycles. The van der Waals surface area contributed by atoms with Gasteiger partial charge in [0, 0.05) is 5.92 Å². The highest BCUT2D eigenvalue weighted by Crippen LogP contribution is 2.44. The van der Waals surface area contributed by atoms with Gasteiger partial charge in [0.15, 0.2) is 0 Å². The van der Waals surface area contributed by atoms with E-state index in [0.717, 1.165) is 12.8 Å². The van der Waals surface area contributed by atoms with E-state index in [1.807, 2.05) is 0 Å². The van der Waals surface area contributed by atoms with Gasteiger partial charge in [0.05, 0.1) is 0 Å². The lowest BCUT2D eigenvalue weighted by atomic mass is 9.80. The van der Waals surface area contributed by atoms with Crippen LogP contribution in [0.4, 0.5) is 0 Å². The van der Waals surface area contributed by atoms with Crippen molar-refractivity contribution in [3.8, 4) is 0 Å². The molecule has 5 rings (SSSR count). The number of hydrogen-bond donors (Lipinski definition) is 0. The van der Waals surface area contributed by atoms with Crippen LogP contribution in [0.1, 0.15) is 95.5 Å². The average molecular weight is 499 g/mol. The molecule has 194 valence electrons. The quantitative estimate of drug-likeness (QED) is 0.335. The average Bonchev–Trinajstić information content (AvgIpc) is 3.64. The maximum absolute atomic E-state index is 2.47. The Bertz CT molecular complexity index is 1530. The molecule has 0 saturated heterocycles. The summed E-state index contributed by atoms with van der Waals surface area (Å²) in [6, 6.07) is 20.6. The van der Waals surface area contributed by atoms with Crippen LogP contribution < -0.4 is 0 Å². The zero-order valence-corrected chi connectivity index (χ0v) is 24.3. The van der Waals surface area contributed by atoms with Gasteiger partial charge in [-0.25, -0.2) is 0 Å². The van der Waals surface area contributed by atoms with E-state index in [0.29, 0.717) is 5.92 Å². The normalized spacial score (nSPS) is 19.7. The Morgan fingerprint density at radius 1 is 0.921 bits per heavy atom. The summed E-state index contributed by atoms with van der Waals surface area (Å²) in [5, 5.41) is 2.64. The smallest absolute Gasteiger partial charge is 0.00237 e. The monoisotopic (exact) mass is 498 g/mol. The van der Waals surface area contributed by atoms with Crippen LogP contribution in [0.2, 0.25) is 0 Å². The molecular formula is C38H42. The fraction of sp³-hybridized carbons (Fsp3) is 0.316. The lowest BCUT2D eigenvalue weighted by molar-refractivity contribution is 0.590. The van der Waals surface area contributed by atoms with Crippen LogP contribution in [0.3, 0.4) is 0 Å². The van der Waals surface area contributed by atoms with Crippen LogP contribution in [0.5, 0.6) is 0 Å². The largest absolute Gasteiger partial charge is 0.0836 e. The Morgan fingerprint density at radius 3 is 2.47 bits per heavy atom. The molecular weight excluding hydrogens is 456 g/mol. The number of fused-ring (bicyclic) bond motifs is 3. The molecule has 0 nitrogen and oxygen atoms in total. The second-order valence-corrected chi connectivity index (χ2v) is 12.5. The summed E-state index contributed by atoms with van der Waals surface area (Å²) in [6.07, 6.45) is 15.2. The highest BCUT2D eigenvalue weighted by molar-refractivity contribution is 5.99. The van der Waals surface area contributed by atoms with Crippen LogP contribution in [-0.4, -0.2) is 0 Å². The number of benzene rings is 3. The molecule has 0 aliphatic heterocycles. The summed E-state index contributed by atoms with van der Waals surface area (Å²) in [5.74, 6) is 0.562. The molecule has 0 radical (unpaired) electrons. The van der Waals surface area contributed by atoms with E-state index in [4.69, 9.17) is 0 Å². The third-order valence-corrected chi connectivity index (χ3v) is 8.07. The summed E-state index contributed by atoms with van der Waals surface area (Å²) < 4.78 is 0. The molecule has 1 unspecified atom stereocenters. The van der Waals surface area contributed by atoms with Gasteiger partial charge >= 0.3 is 0 Å². The summed E-state index contributed by atoms with van der Waals surface area (Å²) in [5.41, 5.74) is 14.1. The molecule has 0 spiro atoms. The highest BCUT2D eigenvalue weighted by atomic mass is 14.3. The molecule has 0 bridgehead atoms. The lowest BCUT2D eigenvalue weighted by Gasteiger charge is -2.25. The molecule has 1 fully saturated rings. The summed E-state index contributed by atoms with van der Waals surface area (Å²) in [6.45, 7) is 15.9. The van der Waals surface area contributed by atoms with Gasteiger partial charge in [-0.15, -0.1) is 0 Å². The van der Waals surface area contributed by atoms with Crippen molar-refractivity contribution in [2.45, 2.75) is 73.1 Å². The third kappa shape index (κ3) is 5.41. The van der Waals surface area contributed by atoms with E-state index in [9.17, 15) is 0 Å². The Balaban J connectivity index is 1.68. The Labute approximate surface area is 230 Å². The van der Waals surface area contributed by atoms with Crippen LogP contribution in [0, 0.1) is 5.92 Å². The molecule has 1 atom stereocenters. The molecule has 0 heteroatoms. The van der Waals surface area contributed by atoms with E-state index in [1.54, 1.807) is 5.57 Å². The first kappa shape index (κ1) is 26.2. The van der Waals surface area contributed by atoms with E-state index in [-0.39, 0.29) is 5.41 Å². The van der Waals surface area contributed by atoms with Gasteiger partial charge in [-0.3, -0.25) is 0 Å². The van der Waals surface area contributed by atoms with E-state index < -0.39 is 0 Å². The van der Waals surface area contributed by atoms with Gasteiger partial charge in [0.25, 0.3) is 0 Å². The first-order chi connectivity index (χ1) is 18.1.